The van der Waals surface area contributed by atoms with Gasteiger partial charge in [-0.2, -0.15) is 0 Å². The number of benzene rings is 10. The molecule has 0 heterocycles. The molecule has 2 atom stereocenters. The molecule has 0 radical (unpaired) electrons. The Bertz CT molecular complexity index is 3680. The summed E-state index contributed by atoms with van der Waals surface area (Å²) in [6.07, 6.45) is 19.4. The van der Waals surface area contributed by atoms with Crippen LogP contribution in [0.2, 0.25) is 13.1 Å². The Morgan fingerprint density at radius 2 is 0.628 bits per heavy atom. The molecule has 0 amide bonds. The quantitative estimate of drug-likeness (QED) is 0.0559. The Labute approximate surface area is 473 Å². The number of fused-ring (bicyclic) bond motifs is 6. The third-order valence-corrected chi connectivity index (χ3v) is 70.0. The van der Waals surface area contributed by atoms with E-state index in [2.05, 4.69) is 233 Å². The van der Waals surface area contributed by atoms with E-state index in [1.54, 1.807) is 0 Å². The third-order valence-electron chi connectivity index (χ3n) is 18.2. The van der Waals surface area contributed by atoms with Gasteiger partial charge in [-0.25, -0.2) is 0 Å². The molecule has 0 spiro atoms. The average Bonchev–Trinajstić information content (AvgIpc) is 3.37. The molecular formula is C74H73Cl2SiZr. The van der Waals surface area contributed by atoms with Gasteiger partial charge in [-0.05, 0) is 0 Å². The molecule has 0 aliphatic heterocycles. The van der Waals surface area contributed by atoms with Crippen molar-refractivity contribution in [1.29, 1.82) is 0 Å². The van der Waals surface area contributed by atoms with E-state index in [0.717, 1.165) is 25.7 Å². The molecule has 10 aromatic rings. The summed E-state index contributed by atoms with van der Waals surface area (Å²) < 4.78 is -0.208. The first kappa shape index (κ1) is 53.1. The summed E-state index contributed by atoms with van der Waals surface area (Å²) in [5.74, 6) is -2.05. The van der Waals surface area contributed by atoms with Crippen molar-refractivity contribution in [3.63, 3.8) is 0 Å². The van der Waals surface area contributed by atoms with E-state index in [0.29, 0.717) is 0 Å². The molecule has 0 bridgehead atoms. The van der Waals surface area contributed by atoms with Gasteiger partial charge in [0.2, 0.25) is 0 Å². The summed E-state index contributed by atoms with van der Waals surface area (Å²) in [5, 5.41) is 10.1. The molecule has 391 valence electrons. The van der Waals surface area contributed by atoms with Gasteiger partial charge in [-0.3, -0.25) is 0 Å². The van der Waals surface area contributed by atoms with E-state index >= 15 is 0 Å². The van der Waals surface area contributed by atoms with Crippen molar-refractivity contribution in [3.8, 4) is 44.5 Å². The second-order valence-electron chi connectivity index (χ2n) is 23.1. The van der Waals surface area contributed by atoms with Crippen molar-refractivity contribution in [2.24, 2.45) is 0 Å². The molecular weight excluding hydrogens is 1080 g/mol. The van der Waals surface area contributed by atoms with E-state index < -0.39 is 21.5 Å². The van der Waals surface area contributed by atoms with Gasteiger partial charge in [0.05, 0.1) is 0 Å². The molecule has 10 aromatic carbocycles. The first-order chi connectivity index (χ1) is 38.2. The number of hydrogen-bond donors (Lipinski definition) is 0. The second-order valence-corrected chi connectivity index (χ2v) is 65.6. The van der Waals surface area contributed by atoms with Crippen LogP contribution in [0.4, 0.5) is 0 Å². The predicted molar refractivity (Wildman–Crippen MR) is 343 cm³/mol. The SMILES string of the molecule is CCCCCCCC1=Cc2c(-c3cccc4ccccc34)ccc(-c3cccc4ccccc34)c2[CH]1[Zr]([Cl])([Cl])([CH]1C(CCCCCCC)=Cc2c(-c3cccc4ccccc34)ccc(-c3cccc4ccccc34)c21)[SiH](C)C. The van der Waals surface area contributed by atoms with Crippen LogP contribution in [0, 0.1) is 0 Å². The van der Waals surface area contributed by atoms with E-state index in [9.17, 15) is 17.0 Å². The molecule has 2 aliphatic carbocycles. The number of halogens is 2. The zero-order valence-corrected chi connectivity index (χ0v) is 51.2. The zero-order valence-electron chi connectivity index (χ0n) is 46.1. The maximum atomic E-state index is 9.81. The fourth-order valence-corrected chi connectivity index (χ4v) is 45.5. The van der Waals surface area contributed by atoms with Crippen LogP contribution in [-0.2, 0) is 15.6 Å². The van der Waals surface area contributed by atoms with Gasteiger partial charge < -0.3 is 0 Å². The Morgan fingerprint density at radius 1 is 0.333 bits per heavy atom. The average molecular weight is 1150 g/mol. The van der Waals surface area contributed by atoms with Gasteiger partial charge >= 0.3 is 477 Å². The van der Waals surface area contributed by atoms with Gasteiger partial charge in [-0.15, -0.1) is 0 Å². The van der Waals surface area contributed by atoms with Crippen LogP contribution in [0.3, 0.4) is 0 Å². The van der Waals surface area contributed by atoms with Gasteiger partial charge in [0.1, 0.15) is 0 Å². The molecule has 0 aromatic heterocycles. The first-order valence-corrected chi connectivity index (χ1v) is 45.7. The standard InChI is InChI=1S/2C36H33.C2H7Si.2ClH.Zr/c2*1-2-3-4-5-6-13-26-24-35-33(31-20-11-16-27-14-7-9-18-29(27)31)22-23-34(36(35)25-26)32-21-12-17-28-15-8-10-19-30(28)32;1-3-2;;;/h2*7-12,14-25H,2-6,13H2,1H3;3H,1-2H3;2*1H;/q;;;;;+2/p-2. The van der Waals surface area contributed by atoms with E-state index in [4.69, 9.17) is 0 Å². The van der Waals surface area contributed by atoms with E-state index in [1.807, 2.05) is 0 Å². The van der Waals surface area contributed by atoms with Crippen molar-refractivity contribution in [2.75, 3.05) is 0 Å². The van der Waals surface area contributed by atoms with Crippen molar-refractivity contribution in [3.05, 3.63) is 228 Å². The molecule has 0 fully saturated rings. The normalized spacial score (nSPS) is 15.7. The Morgan fingerprint density at radius 3 is 0.962 bits per heavy atom. The molecule has 4 heteroatoms. The molecule has 2 aliphatic rings. The molecule has 2 unspecified atom stereocenters. The molecule has 0 nitrogen and oxygen atoms in total. The van der Waals surface area contributed by atoms with Crippen LogP contribution in [0.5, 0.6) is 0 Å². The molecule has 12 rings (SSSR count). The van der Waals surface area contributed by atoms with Gasteiger partial charge in [0, 0.05) is 0 Å². The minimum atomic E-state index is -5.64. The van der Waals surface area contributed by atoms with Crippen LogP contribution < -0.4 is 0 Å². The number of allylic oxidation sites excluding steroid dienone is 2. The maximum absolute atomic E-state index is 9.81. The Kier molecular flexibility index (Phi) is 15.3. The summed E-state index contributed by atoms with van der Waals surface area (Å²) in [6.45, 7) is 9.78. The first-order valence-electron chi connectivity index (χ1n) is 29.4. The van der Waals surface area contributed by atoms with Gasteiger partial charge in [-0.1, -0.05) is 0 Å². The van der Waals surface area contributed by atoms with Crippen LogP contribution in [0.1, 0.15) is 120 Å². The van der Waals surface area contributed by atoms with Crippen LogP contribution in [0.25, 0.3) is 99.7 Å². The Hall–Kier alpha value is -5.60. The van der Waals surface area contributed by atoms with Crippen molar-refractivity contribution in [1.82, 2.24) is 0 Å². The minimum absolute atomic E-state index is 0.104. The predicted octanol–water partition coefficient (Wildman–Crippen LogP) is 23.2. The Balaban J connectivity index is 1.19. The van der Waals surface area contributed by atoms with Crippen molar-refractivity contribution in [2.45, 2.75) is 111 Å². The number of unbranched alkanes of at least 4 members (excludes halogenated alkanes) is 8. The fourth-order valence-electron chi connectivity index (χ4n) is 14.3. The molecule has 0 N–H and O–H groups in total. The fraction of sp³-hybridized carbons (Fsp3) is 0.243. The summed E-state index contributed by atoms with van der Waals surface area (Å²) in [5.41, 5.74) is 18.5. The van der Waals surface area contributed by atoms with Crippen LogP contribution >= 0.6 is 17.0 Å². The number of rotatable bonds is 19. The summed E-state index contributed by atoms with van der Waals surface area (Å²) in [7, 11) is 19.6. The topological polar surface area (TPSA) is 0 Å². The summed E-state index contributed by atoms with van der Waals surface area (Å²) in [4.78, 5) is 0. The van der Waals surface area contributed by atoms with Crippen LogP contribution in [0.15, 0.2) is 205 Å². The monoisotopic (exact) mass is 1150 g/mol. The zero-order chi connectivity index (χ0) is 53.4. The van der Waals surface area contributed by atoms with E-state index in [1.165, 1.54) is 172 Å². The summed E-state index contributed by atoms with van der Waals surface area (Å²) in [6, 6.07) is 73.2. The van der Waals surface area contributed by atoms with Crippen molar-refractivity contribution >= 4 is 78.2 Å². The van der Waals surface area contributed by atoms with Crippen LogP contribution in [-0.4, -0.2) is 5.92 Å². The number of hydrogen-bond acceptors (Lipinski definition) is 0. The second kappa shape index (κ2) is 22.5. The van der Waals surface area contributed by atoms with Gasteiger partial charge in [0.15, 0.2) is 0 Å². The molecule has 0 saturated heterocycles. The van der Waals surface area contributed by atoms with Gasteiger partial charge in [0.25, 0.3) is 0 Å². The third kappa shape index (κ3) is 9.35. The summed E-state index contributed by atoms with van der Waals surface area (Å²) >= 11 is -5.64. The van der Waals surface area contributed by atoms with E-state index in [-0.39, 0.29) is 7.25 Å². The molecule has 78 heavy (non-hydrogen) atoms. The van der Waals surface area contributed by atoms with Crippen molar-refractivity contribution < 1.29 is 15.6 Å². The molecule has 0 saturated carbocycles.